The first kappa shape index (κ1) is 16.9. The number of nitrogens with one attached hydrogen (secondary N) is 1. The highest BCUT2D eigenvalue weighted by Crippen LogP contribution is 2.24. The first-order chi connectivity index (χ1) is 12.1. The van der Waals surface area contributed by atoms with E-state index in [2.05, 4.69) is 5.32 Å². The minimum Gasteiger partial charge on any atom is -0.384 e. The third-order valence-electron chi connectivity index (χ3n) is 4.24. The van der Waals surface area contributed by atoms with E-state index in [-0.39, 0.29) is 12.5 Å². The number of carbonyl (C=O) groups is 1. The first-order valence-corrected chi connectivity index (χ1v) is 8.28. The second kappa shape index (κ2) is 7.32. The zero-order valence-corrected chi connectivity index (χ0v) is 14.1. The molecule has 3 aromatic rings. The number of amides is 1. The molecule has 0 aliphatic rings. The lowest BCUT2D eigenvalue weighted by Crippen LogP contribution is -2.38. The Kier molecular flexibility index (Phi) is 4.96. The van der Waals surface area contributed by atoms with Crippen LogP contribution < -0.4 is 5.32 Å². The number of hydrogen-bond acceptors (Lipinski definition) is 2. The molecule has 0 radical (unpaired) electrons. The van der Waals surface area contributed by atoms with Gasteiger partial charge in [-0.2, -0.15) is 0 Å². The summed E-state index contributed by atoms with van der Waals surface area (Å²) < 4.78 is 0. The molecule has 25 heavy (non-hydrogen) atoms. The van der Waals surface area contributed by atoms with Crippen molar-refractivity contribution in [1.82, 2.24) is 5.32 Å². The Labute approximate surface area is 148 Å². The van der Waals surface area contributed by atoms with Crippen LogP contribution in [0, 0.1) is 0 Å². The average Bonchev–Trinajstić information content (AvgIpc) is 2.68. The van der Waals surface area contributed by atoms with Crippen molar-refractivity contribution < 1.29 is 9.90 Å². The van der Waals surface area contributed by atoms with Crippen LogP contribution in [0.5, 0.6) is 0 Å². The van der Waals surface area contributed by atoms with Gasteiger partial charge in [-0.05, 0) is 35.7 Å². The van der Waals surface area contributed by atoms with Crippen LogP contribution in [0.2, 0.25) is 0 Å². The fraction of sp³-hybridized carbons (Fsp3) is 0.136. The SMILES string of the molecule is CC(O)(CNC(=O)c1ccccc1)c1ccc(-c2ccccc2)cc1. The molecule has 1 unspecified atom stereocenters. The zero-order valence-electron chi connectivity index (χ0n) is 14.1. The molecule has 1 amide bonds. The number of carbonyl (C=O) groups excluding carboxylic acids is 1. The van der Waals surface area contributed by atoms with Gasteiger partial charge in [0.15, 0.2) is 0 Å². The van der Waals surface area contributed by atoms with E-state index in [4.69, 9.17) is 0 Å². The minimum atomic E-state index is -1.14. The van der Waals surface area contributed by atoms with Gasteiger partial charge in [0.05, 0.1) is 6.54 Å². The number of benzene rings is 3. The Hall–Kier alpha value is -2.91. The lowest BCUT2D eigenvalue weighted by Gasteiger charge is -2.24. The third kappa shape index (κ3) is 4.14. The van der Waals surface area contributed by atoms with E-state index in [0.717, 1.165) is 16.7 Å². The molecule has 126 valence electrons. The van der Waals surface area contributed by atoms with Crippen molar-refractivity contribution in [3.8, 4) is 11.1 Å². The van der Waals surface area contributed by atoms with Gasteiger partial charge in [-0.25, -0.2) is 0 Å². The summed E-state index contributed by atoms with van der Waals surface area (Å²) in [6, 6.07) is 26.8. The summed E-state index contributed by atoms with van der Waals surface area (Å²) in [5.41, 5.74) is 2.43. The van der Waals surface area contributed by atoms with E-state index < -0.39 is 5.60 Å². The minimum absolute atomic E-state index is 0.144. The van der Waals surface area contributed by atoms with Crippen molar-refractivity contribution in [2.24, 2.45) is 0 Å². The van der Waals surface area contributed by atoms with Crippen LogP contribution in [0.4, 0.5) is 0 Å². The normalized spacial score (nSPS) is 13.0. The van der Waals surface area contributed by atoms with Crippen molar-refractivity contribution in [1.29, 1.82) is 0 Å². The van der Waals surface area contributed by atoms with Gasteiger partial charge >= 0.3 is 0 Å². The molecule has 0 aliphatic carbocycles. The monoisotopic (exact) mass is 331 g/mol. The Morgan fingerprint density at radius 1 is 0.840 bits per heavy atom. The molecule has 3 aromatic carbocycles. The molecule has 0 heterocycles. The second-order valence-corrected chi connectivity index (χ2v) is 6.27. The molecule has 0 bridgehead atoms. The van der Waals surface area contributed by atoms with Crippen LogP contribution in [-0.2, 0) is 5.60 Å². The van der Waals surface area contributed by atoms with Gasteiger partial charge < -0.3 is 10.4 Å². The van der Waals surface area contributed by atoms with Crippen molar-refractivity contribution in [2.45, 2.75) is 12.5 Å². The van der Waals surface area contributed by atoms with Gasteiger partial charge in [0.2, 0.25) is 0 Å². The molecule has 0 saturated carbocycles. The molecule has 0 aromatic heterocycles. The van der Waals surface area contributed by atoms with E-state index >= 15 is 0 Å². The molecular formula is C22H21NO2. The van der Waals surface area contributed by atoms with E-state index in [1.165, 1.54) is 0 Å². The van der Waals surface area contributed by atoms with Crippen LogP contribution in [0.25, 0.3) is 11.1 Å². The predicted molar refractivity (Wildman–Crippen MR) is 100 cm³/mol. The summed E-state index contributed by atoms with van der Waals surface area (Å²) in [5.74, 6) is -0.193. The molecule has 1 atom stereocenters. The van der Waals surface area contributed by atoms with Crippen molar-refractivity contribution in [2.75, 3.05) is 6.54 Å². The summed E-state index contributed by atoms with van der Waals surface area (Å²) >= 11 is 0. The van der Waals surface area contributed by atoms with E-state index in [1.54, 1.807) is 19.1 Å². The second-order valence-electron chi connectivity index (χ2n) is 6.27. The number of rotatable bonds is 5. The van der Waals surface area contributed by atoms with E-state index in [9.17, 15) is 9.90 Å². The Morgan fingerprint density at radius 3 is 1.96 bits per heavy atom. The third-order valence-corrected chi connectivity index (χ3v) is 4.24. The van der Waals surface area contributed by atoms with Gasteiger partial charge in [0, 0.05) is 5.56 Å². The van der Waals surface area contributed by atoms with Crippen molar-refractivity contribution in [3.05, 3.63) is 96.1 Å². The largest absolute Gasteiger partial charge is 0.384 e. The summed E-state index contributed by atoms with van der Waals surface area (Å²) in [4.78, 5) is 12.1. The van der Waals surface area contributed by atoms with E-state index in [0.29, 0.717) is 5.56 Å². The molecule has 0 saturated heterocycles. The zero-order chi connectivity index (χ0) is 17.7. The summed E-state index contributed by atoms with van der Waals surface area (Å²) in [5, 5.41) is 13.5. The first-order valence-electron chi connectivity index (χ1n) is 8.28. The maximum atomic E-state index is 12.1. The molecular weight excluding hydrogens is 310 g/mol. The molecule has 3 nitrogen and oxygen atoms in total. The van der Waals surface area contributed by atoms with Gasteiger partial charge in [-0.1, -0.05) is 72.8 Å². The quantitative estimate of drug-likeness (QED) is 0.743. The summed E-state index contributed by atoms with van der Waals surface area (Å²) in [6.45, 7) is 1.85. The molecule has 0 aliphatic heterocycles. The number of aliphatic hydroxyl groups is 1. The van der Waals surface area contributed by atoms with Crippen molar-refractivity contribution >= 4 is 5.91 Å². The molecule has 0 fully saturated rings. The Balaban J connectivity index is 1.68. The van der Waals surface area contributed by atoms with Gasteiger partial charge in [0.1, 0.15) is 5.60 Å². The van der Waals surface area contributed by atoms with E-state index in [1.807, 2.05) is 72.8 Å². The predicted octanol–water partition coefficient (Wildman–Crippen LogP) is 3.99. The Morgan fingerprint density at radius 2 is 1.36 bits per heavy atom. The lowest BCUT2D eigenvalue weighted by molar-refractivity contribution is 0.0526. The lowest BCUT2D eigenvalue weighted by atomic mass is 9.93. The van der Waals surface area contributed by atoms with Crippen LogP contribution in [0.15, 0.2) is 84.9 Å². The Bertz CT molecular complexity index is 825. The smallest absolute Gasteiger partial charge is 0.251 e. The summed E-state index contributed by atoms with van der Waals surface area (Å²) in [7, 11) is 0. The highest BCUT2D eigenvalue weighted by molar-refractivity contribution is 5.94. The molecule has 3 rings (SSSR count). The molecule has 2 N–H and O–H groups in total. The molecule has 0 spiro atoms. The highest BCUT2D eigenvalue weighted by Gasteiger charge is 2.24. The fourth-order valence-corrected chi connectivity index (χ4v) is 2.70. The van der Waals surface area contributed by atoms with Crippen LogP contribution in [-0.4, -0.2) is 17.6 Å². The summed E-state index contributed by atoms with van der Waals surface area (Å²) in [6.07, 6.45) is 0. The standard InChI is InChI=1S/C22H21NO2/c1-22(25,16-23-21(24)19-10-6-3-7-11-19)20-14-12-18(13-15-20)17-8-4-2-5-9-17/h2-15,25H,16H2,1H3,(H,23,24). The van der Waals surface area contributed by atoms with Gasteiger partial charge in [-0.3, -0.25) is 4.79 Å². The topological polar surface area (TPSA) is 49.3 Å². The van der Waals surface area contributed by atoms with Crippen LogP contribution >= 0.6 is 0 Å². The number of hydrogen-bond donors (Lipinski definition) is 2. The fourth-order valence-electron chi connectivity index (χ4n) is 2.70. The van der Waals surface area contributed by atoms with Gasteiger partial charge in [0.25, 0.3) is 5.91 Å². The average molecular weight is 331 g/mol. The van der Waals surface area contributed by atoms with Gasteiger partial charge in [-0.15, -0.1) is 0 Å². The molecule has 3 heteroatoms. The van der Waals surface area contributed by atoms with Crippen LogP contribution in [0.1, 0.15) is 22.8 Å². The highest BCUT2D eigenvalue weighted by atomic mass is 16.3. The van der Waals surface area contributed by atoms with Crippen LogP contribution in [0.3, 0.4) is 0 Å². The maximum Gasteiger partial charge on any atom is 0.251 e. The maximum absolute atomic E-state index is 12.1. The van der Waals surface area contributed by atoms with Crippen molar-refractivity contribution in [3.63, 3.8) is 0 Å².